The number of halogens is 1. The van der Waals surface area contributed by atoms with E-state index >= 15 is 0 Å². The van der Waals surface area contributed by atoms with Crippen LogP contribution >= 0.6 is 0 Å². The molecular formula is C13H15FN2O4S. The molecule has 0 heterocycles. The van der Waals surface area contributed by atoms with Crippen LogP contribution < -0.4 is 4.72 Å². The summed E-state index contributed by atoms with van der Waals surface area (Å²) in [5, 5.41) is 18.0. The molecule has 21 heavy (non-hydrogen) atoms. The molecular weight excluding hydrogens is 299 g/mol. The molecule has 0 aliphatic rings. The molecule has 1 rings (SSSR count). The van der Waals surface area contributed by atoms with E-state index in [1.54, 1.807) is 20.8 Å². The summed E-state index contributed by atoms with van der Waals surface area (Å²) in [7, 11) is -4.35. The summed E-state index contributed by atoms with van der Waals surface area (Å²) in [6.45, 7) is 4.64. The first-order chi connectivity index (χ1) is 9.50. The molecule has 8 heteroatoms. The van der Waals surface area contributed by atoms with E-state index < -0.39 is 43.7 Å². The fourth-order valence-corrected chi connectivity index (χ4v) is 3.21. The van der Waals surface area contributed by atoms with Crippen LogP contribution in [0.4, 0.5) is 4.39 Å². The van der Waals surface area contributed by atoms with Crippen molar-refractivity contribution in [3.05, 3.63) is 29.6 Å². The number of carbonyl (C=O) groups is 1. The molecule has 0 saturated carbocycles. The molecule has 114 valence electrons. The molecule has 0 unspecified atom stereocenters. The molecule has 0 amide bonds. The van der Waals surface area contributed by atoms with Crippen LogP contribution in [0.1, 0.15) is 26.3 Å². The van der Waals surface area contributed by atoms with Crippen LogP contribution in [0.3, 0.4) is 0 Å². The van der Waals surface area contributed by atoms with Crippen molar-refractivity contribution in [1.82, 2.24) is 4.72 Å². The highest BCUT2D eigenvalue weighted by Gasteiger charge is 2.36. The van der Waals surface area contributed by atoms with Crippen molar-refractivity contribution in [3.63, 3.8) is 0 Å². The summed E-state index contributed by atoms with van der Waals surface area (Å²) in [4.78, 5) is 10.6. The lowest BCUT2D eigenvalue weighted by molar-refractivity contribution is -0.141. The monoisotopic (exact) mass is 314 g/mol. The lowest BCUT2D eigenvalue weighted by Crippen LogP contribution is -2.49. The van der Waals surface area contributed by atoms with Crippen LogP contribution in [0.25, 0.3) is 0 Å². The zero-order valence-electron chi connectivity index (χ0n) is 11.7. The summed E-state index contributed by atoms with van der Waals surface area (Å²) >= 11 is 0. The second kappa shape index (κ2) is 5.79. The van der Waals surface area contributed by atoms with E-state index in [2.05, 4.69) is 0 Å². The third-order valence-corrected chi connectivity index (χ3v) is 4.23. The molecule has 0 bridgehead atoms. The second-order valence-electron chi connectivity index (χ2n) is 5.48. The van der Waals surface area contributed by atoms with Gasteiger partial charge in [-0.3, -0.25) is 4.79 Å². The van der Waals surface area contributed by atoms with E-state index in [0.29, 0.717) is 0 Å². The van der Waals surface area contributed by atoms with Gasteiger partial charge in [0.1, 0.15) is 28.4 Å². The SMILES string of the molecule is CC(C)(C)[C@H](NS(=O)(=O)c1cccc(F)c1C#N)C(=O)O. The topological polar surface area (TPSA) is 107 Å². The first kappa shape index (κ1) is 17.1. The van der Waals surface area contributed by atoms with Crippen LogP contribution in [-0.2, 0) is 14.8 Å². The first-order valence-corrected chi connectivity index (χ1v) is 7.43. The van der Waals surface area contributed by atoms with Crippen molar-refractivity contribution in [3.8, 4) is 6.07 Å². The Bertz CT molecular complexity index is 702. The Morgan fingerprint density at radius 3 is 2.43 bits per heavy atom. The normalized spacial score (nSPS) is 13.5. The Labute approximate surface area is 122 Å². The maximum atomic E-state index is 13.5. The Kier molecular flexibility index (Phi) is 4.71. The zero-order valence-corrected chi connectivity index (χ0v) is 12.5. The largest absolute Gasteiger partial charge is 0.480 e. The predicted molar refractivity (Wildman–Crippen MR) is 72.3 cm³/mol. The van der Waals surface area contributed by atoms with Gasteiger partial charge in [0.2, 0.25) is 10.0 Å². The Hall–Kier alpha value is -1.98. The molecule has 0 aromatic heterocycles. The van der Waals surface area contributed by atoms with Crippen LogP contribution in [0.2, 0.25) is 0 Å². The highest BCUT2D eigenvalue weighted by molar-refractivity contribution is 7.89. The van der Waals surface area contributed by atoms with E-state index in [-0.39, 0.29) is 0 Å². The number of carboxylic acid groups (broad SMARTS) is 1. The van der Waals surface area contributed by atoms with Gasteiger partial charge in [0.25, 0.3) is 0 Å². The maximum Gasteiger partial charge on any atom is 0.322 e. The average molecular weight is 314 g/mol. The van der Waals surface area contributed by atoms with Crippen molar-refractivity contribution in [2.45, 2.75) is 31.7 Å². The van der Waals surface area contributed by atoms with Crippen LogP contribution in [0, 0.1) is 22.6 Å². The van der Waals surface area contributed by atoms with Crippen molar-refractivity contribution in [1.29, 1.82) is 5.26 Å². The Balaban J connectivity index is 3.34. The third-order valence-electron chi connectivity index (χ3n) is 2.76. The summed E-state index contributed by atoms with van der Waals surface area (Å²) in [6, 6.07) is 3.19. The van der Waals surface area contributed by atoms with E-state index in [1.165, 1.54) is 6.07 Å². The van der Waals surface area contributed by atoms with Gasteiger partial charge in [-0.15, -0.1) is 0 Å². The number of nitriles is 1. The minimum absolute atomic E-state index is 0.583. The molecule has 1 aromatic carbocycles. The zero-order chi connectivity index (χ0) is 16.4. The molecule has 0 spiro atoms. The second-order valence-corrected chi connectivity index (χ2v) is 7.17. The number of sulfonamides is 1. The highest BCUT2D eigenvalue weighted by Crippen LogP contribution is 2.23. The molecule has 0 saturated heterocycles. The summed E-state index contributed by atoms with van der Waals surface area (Å²) in [5.74, 6) is -2.34. The molecule has 0 aliphatic heterocycles. The lowest BCUT2D eigenvalue weighted by Gasteiger charge is -2.27. The van der Waals surface area contributed by atoms with Crippen LogP contribution in [0.5, 0.6) is 0 Å². The predicted octanol–water partition coefficient (Wildman–Crippen LogP) is 1.47. The van der Waals surface area contributed by atoms with Gasteiger partial charge in [-0.25, -0.2) is 12.8 Å². The van der Waals surface area contributed by atoms with Gasteiger partial charge in [-0.2, -0.15) is 9.98 Å². The Morgan fingerprint density at radius 2 is 2.00 bits per heavy atom. The minimum atomic E-state index is -4.35. The average Bonchev–Trinajstić information content (AvgIpc) is 2.34. The lowest BCUT2D eigenvalue weighted by atomic mass is 9.88. The summed E-state index contributed by atoms with van der Waals surface area (Å²) in [5.41, 5.74) is -1.55. The summed E-state index contributed by atoms with van der Waals surface area (Å²) in [6.07, 6.45) is 0. The number of nitrogens with one attached hydrogen (secondary N) is 1. The van der Waals surface area contributed by atoms with Gasteiger partial charge in [0.15, 0.2) is 0 Å². The standard InChI is InChI=1S/C13H15FN2O4S/c1-13(2,3)11(12(17)18)16-21(19,20)10-6-4-5-9(14)8(10)7-15/h4-6,11,16H,1-3H3,(H,17,18)/t11-/m1/s1. The number of nitrogens with zero attached hydrogens (tertiary/aromatic N) is 1. The molecule has 1 atom stereocenters. The van der Waals surface area contributed by atoms with Gasteiger partial charge in [-0.05, 0) is 17.5 Å². The van der Waals surface area contributed by atoms with Gasteiger partial charge < -0.3 is 5.11 Å². The van der Waals surface area contributed by atoms with Crippen molar-refractivity contribution in [2.75, 3.05) is 0 Å². The quantitative estimate of drug-likeness (QED) is 0.875. The van der Waals surface area contributed by atoms with E-state index in [4.69, 9.17) is 10.4 Å². The number of benzene rings is 1. The summed E-state index contributed by atoms with van der Waals surface area (Å²) < 4.78 is 40.0. The van der Waals surface area contributed by atoms with Crippen molar-refractivity contribution >= 4 is 16.0 Å². The van der Waals surface area contributed by atoms with E-state index in [9.17, 15) is 17.6 Å². The van der Waals surface area contributed by atoms with E-state index in [1.807, 2.05) is 4.72 Å². The molecule has 0 radical (unpaired) electrons. The van der Waals surface area contributed by atoms with Crippen molar-refractivity contribution in [2.24, 2.45) is 5.41 Å². The van der Waals surface area contributed by atoms with Crippen molar-refractivity contribution < 1.29 is 22.7 Å². The number of hydrogen-bond donors (Lipinski definition) is 2. The number of carboxylic acids is 1. The number of rotatable bonds is 4. The molecule has 1 aromatic rings. The smallest absolute Gasteiger partial charge is 0.322 e. The van der Waals surface area contributed by atoms with E-state index in [0.717, 1.165) is 18.2 Å². The van der Waals surface area contributed by atoms with Crippen LogP contribution in [0.15, 0.2) is 23.1 Å². The van der Waals surface area contributed by atoms with Gasteiger partial charge >= 0.3 is 5.97 Å². The van der Waals surface area contributed by atoms with Gasteiger partial charge in [0.05, 0.1) is 0 Å². The highest BCUT2D eigenvalue weighted by atomic mass is 32.2. The number of aliphatic carboxylic acids is 1. The fraction of sp³-hybridized carbons (Fsp3) is 0.385. The third kappa shape index (κ3) is 3.77. The fourth-order valence-electron chi connectivity index (χ4n) is 1.65. The number of hydrogen-bond acceptors (Lipinski definition) is 4. The van der Waals surface area contributed by atoms with Gasteiger partial charge in [-0.1, -0.05) is 26.8 Å². The molecule has 0 aliphatic carbocycles. The first-order valence-electron chi connectivity index (χ1n) is 5.94. The maximum absolute atomic E-state index is 13.5. The molecule has 2 N–H and O–H groups in total. The Morgan fingerprint density at radius 1 is 1.43 bits per heavy atom. The van der Waals surface area contributed by atoms with Crippen LogP contribution in [-0.4, -0.2) is 25.5 Å². The molecule has 6 nitrogen and oxygen atoms in total. The molecule has 0 fully saturated rings. The minimum Gasteiger partial charge on any atom is -0.480 e. The van der Waals surface area contributed by atoms with Gasteiger partial charge in [0, 0.05) is 0 Å².